The predicted molar refractivity (Wildman–Crippen MR) is 85.8 cm³/mol. The SMILES string of the molecule is CC(C)(C)OC(=O)CC(c1ccc(Cl)cc1)C1CCC(=O)N1. The molecule has 0 bridgehead atoms. The largest absolute Gasteiger partial charge is 0.460 e. The van der Waals surface area contributed by atoms with Crippen LogP contribution in [0.5, 0.6) is 0 Å². The molecule has 1 aliphatic heterocycles. The Morgan fingerprint density at radius 3 is 2.50 bits per heavy atom. The smallest absolute Gasteiger partial charge is 0.307 e. The quantitative estimate of drug-likeness (QED) is 0.864. The molecule has 2 rings (SSSR count). The van der Waals surface area contributed by atoms with Gasteiger partial charge in [0.2, 0.25) is 5.91 Å². The van der Waals surface area contributed by atoms with E-state index in [2.05, 4.69) is 5.32 Å². The number of hydrogen-bond acceptors (Lipinski definition) is 3. The van der Waals surface area contributed by atoms with Gasteiger partial charge in [-0.1, -0.05) is 23.7 Å². The molecule has 120 valence electrons. The van der Waals surface area contributed by atoms with Gasteiger partial charge in [0.1, 0.15) is 5.60 Å². The zero-order valence-corrected chi connectivity index (χ0v) is 13.9. The second-order valence-corrected chi connectivity index (χ2v) is 7.10. The zero-order chi connectivity index (χ0) is 16.3. The van der Waals surface area contributed by atoms with Crippen molar-refractivity contribution >= 4 is 23.5 Å². The van der Waals surface area contributed by atoms with Crippen molar-refractivity contribution < 1.29 is 14.3 Å². The van der Waals surface area contributed by atoms with Gasteiger partial charge in [0.05, 0.1) is 6.42 Å². The summed E-state index contributed by atoms with van der Waals surface area (Å²) in [6.07, 6.45) is 1.47. The topological polar surface area (TPSA) is 55.4 Å². The molecule has 0 spiro atoms. The van der Waals surface area contributed by atoms with Crippen LogP contribution in [0.25, 0.3) is 0 Å². The van der Waals surface area contributed by atoms with E-state index in [0.29, 0.717) is 11.4 Å². The minimum Gasteiger partial charge on any atom is -0.460 e. The molecule has 0 radical (unpaired) electrons. The molecule has 5 heteroatoms. The number of amides is 1. The Hall–Kier alpha value is -1.55. The number of benzene rings is 1. The first kappa shape index (κ1) is 16.8. The number of nitrogens with one attached hydrogen (secondary N) is 1. The Morgan fingerprint density at radius 1 is 1.36 bits per heavy atom. The molecule has 1 N–H and O–H groups in total. The van der Waals surface area contributed by atoms with Crippen molar-refractivity contribution in [3.63, 3.8) is 0 Å². The molecule has 0 aromatic heterocycles. The number of rotatable bonds is 4. The Labute approximate surface area is 136 Å². The molecule has 1 aromatic carbocycles. The van der Waals surface area contributed by atoms with E-state index in [1.165, 1.54) is 0 Å². The number of carbonyl (C=O) groups excluding carboxylic acids is 2. The third-order valence-electron chi connectivity index (χ3n) is 3.62. The molecule has 1 fully saturated rings. The highest BCUT2D eigenvalue weighted by molar-refractivity contribution is 6.30. The lowest BCUT2D eigenvalue weighted by Crippen LogP contribution is -2.34. The fraction of sp³-hybridized carbons (Fsp3) is 0.529. The van der Waals surface area contributed by atoms with Crippen molar-refractivity contribution in [1.82, 2.24) is 5.32 Å². The average Bonchev–Trinajstić information content (AvgIpc) is 2.81. The van der Waals surface area contributed by atoms with Crippen LogP contribution < -0.4 is 5.32 Å². The van der Waals surface area contributed by atoms with Crippen molar-refractivity contribution in [2.45, 2.75) is 57.6 Å². The summed E-state index contributed by atoms with van der Waals surface area (Å²) >= 11 is 5.93. The van der Waals surface area contributed by atoms with Gasteiger partial charge in [0, 0.05) is 23.4 Å². The van der Waals surface area contributed by atoms with Gasteiger partial charge in [-0.3, -0.25) is 9.59 Å². The molecule has 4 nitrogen and oxygen atoms in total. The molecule has 0 aliphatic carbocycles. The first-order valence-corrected chi connectivity index (χ1v) is 7.89. The van der Waals surface area contributed by atoms with Gasteiger partial charge in [-0.25, -0.2) is 0 Å². The van der Waals surface area contributed by atoms with E-state index in [1.807, 2.05) is 32.9 Å². The van der Waals surface area contributed by atoms with Gasteiger partial charge >= 0.3 is 5.97 Å². The summed E-state index contributed by atoms with van der Waals surface area (Å²) in [4.78, 5) is 23.7. The second kappa shape index (κ2) is 6.69. The number of esters is 1. The summed E-state index contributed by atoms with van der Waals surface area (Å²) in [5.74, 6) is -0.319. The second-order valence-electron chi connectivity index (χ2n) is 6.66. The number of hydrogen-bond donors (Lipinski definition) is 1. The molecule has 1 saturated heterocycles. The van der Waals surface area contributed by atoms with Crippen LogP contribution in [0.1, 0.15) is 51.5 Å². The van der Waals surface area contributed by atoms with E-state index in [-0.39, 0.29) is 30.3 Å². The van der Waals surface area contributed by atoms with Crippen LogP contribution in [-0.2, 0) is 14.3 Å². The molecule has 1 aliphatic rings. The lowest BCUT2D eigenvalue weighted by Gasteiger charge is -2.26. The van der Waals surface area contributed by atoms with Crippen LogP contribution in [-0.4, -0.2) is 23.5 Å². The summed E-state index contributed by atoms with van der Waals surface area (Å²) in [7, 11) is 0. The fourth-order valence-corrected chi connectivity index (χ4v) is 2.83. The predicted octanol–water partition coefficient (Wildman–Crippen LogP) is 3.43. The first-order chi connectivity index (χ1) is 10.2. The number of carbonyl (C=O) groups is 2. The molecule has 1 aromatic rings. The van der Waals surface area contributed by atoms with Crippen molar-refractivity contribution in [1.29, 1.82) is 0 Å². The van der Waals surface area contributed by atoms with Crippen molar-refractivity contribution in [3.8, 4) is 0 Å². The highest BCUT2D eigenvalue weighted by Gasteiger charge is 2.32. The molecule has 22 heavy (non-hydrogen) atoms. The van der Waals surface area contributed by atoms with Gasteiger partial charge in [-0.05, 0) is 44.9 Å². The Kier molecular flexibility index (Phi) is 5.12. The van der Waals surface area contributed by atoms with Crippen molar-refractivity contribution in [2.24, 2.45) is 0 Å². The van der Waals surface area contributed by atoms with E-state index in [9.17, 15) is 9.59 Å². The van der Waals surface area contributed by atoms with Gasteiger partial charge in [-0.2, -0.15) is 0 Å². The third-order valence-corrected chi connectivity index (χ3v) is 3.87. The Morgan fingerprint density at radius 2 is 2.00 bits per heavy atom. The van der Waals surface area contributed by atoms with Gasteiger partial charge < -0.3 is 10.1 Å². The normalized spacial score (nSPS) is 19.6. The Balaban J connectivity index is 2.16. The molecule has 2 unspecified atom stereocenters. The first-order valence-electron chi connectivity index (χ1n) is 7.51. The summed E-state index contributed by atoms with van der Waals surface area (Å²) in [5, 5.41) is 3.60. The van der Waals surface area contributed by atoms with Crippen LogP contribution in [0.3, 0.4) is 0 Å². The third kappa shape index (κ3) is 4.73. The molecule has 2 atom stereocenters. The van der Waals surface area contributed by atoms with Crippen LogP contribution in [0.4, 0.5) is 0 Å². The maximum absolute atomic E-state index is 12.2. The maximum Gasteiger partial charge on any atom is 0.307 e. The molecule has 1 heterocycles. The minimum absolute atomic E-state index is 0.0353. The molecule has 1 amide bonds. The highest BCUT2D eigenvalue weighted by Crippen LogP contribution is 2.30. The maximum atomic E-state index is 12.2. The van der Waals surface area contributed by atoms with Crippen LogP contribution in [0.15, 0.2) is 24.3 Å². The lowest BCUT2D eigenvalue weighted by atomic mass is 9.87. The molecular formula is C17H22ClNO3. The van der Waals surface area contributed by atoms with Crippen molar-refractivity contribution in [2.75, 3.05) is 0 Å². The van der Waals surface area contributed by atoms with Crippen molar-refractivity contribution in [3.05, 3.63) is 34.9 Å². The summed E-state index contributed by atoms with van der Waals surface area (Å²) in [6, 6.07) is 7.37. The highest BCUT2D eigenvalue weighted by atomic mass is 35.5. The van der Waals surface area contributed by atoms with Gasteiger partial charge in [0.15, 0.2) is 0 Å². The summed E-state index contributed by atoms with van der Waals surface area (Å²) < 4.78 is 5.42. The van der Waals surface area contributed by atoms with Gasteiger partial charge in [-0.15, -0.1) is 0 Å². The van der Waals surface area contributed by atoms with E-state index >= 15 is 0 Å². The van der Waals surface area contributed by atoms with Crippen LogP contribution >= 0.6 is 11.6 Å². The van der Waals surface area contributed by atoms with E-state index in [1.54, 1.807) is 12.1 Å². The Bertz CT molecular complexity index is 548. The van der Waals surface area contributed by atoms with E-state index < -0.39 is 5.60 Å². The fourth-order valence-electron chi connectivity index (χ4n) is 2.70. The average molecular weight is 324 g/mol. The summed E-state index contributed by atoms with van der Waals surface area (Å²) in [5.41, 5.74) is 0.475. The van der Waals surface area contributed by atoms with Gasteiger partial charge in [0.25, 0.3) is 0 Å². The minimum atomic E-state index is -0.513. The lowest BCUT2D eigenvalue weighted by molar-refractivity contribution is -0.155. The van der Waals surface area contributed by atoms with Crippen LogP contribution in [0.2, 0.25) is 5.02 Å². The van der Waals surface area contributed by atoms with E-state index in [0.717, 1.165) is 12.0 Å². The standard InChI is InChI=1S/C17H22ClNO3/c1-17(2,3)22-16(21)10-13(14-8-9-15(20)19-14)11-4-6-12(18)7-5-11/h4-7,13-14H,8-10H2,1-3H3,(H,19,20). The number of ether oxygens (including phenoxy) is 1. The number of halogens is 1. The monoisotopic (exact) mass is 323 g/mol. The zero-order valence-electron chi connectivity index (χ0n) is 13.2. The molecule has 0 saturated carbocycles. The molecular weight excluding hydrogens is 302 g/mol. The summed E-state index contributed by atoms with van der Waals surface area (Å²) in [6.45, 7) is 5.54. The van der Waals surface area contributed by atoms with E-state index in [4.69, 9.17) is 16.3 Å². The van der Waals surface area contributed by atoms with Crippen LogP contribution in [0, 0.1) is 0 Å².